The van der Waals surface area contributed by atoms with Crippen molar-refractivity contribution in [2.75, 3.05) is 4.72 Å². The van der Waals surface area contributed by atoms with Gasteiger partial charge in [0.05, 0.1) is 22.5 Å². The van der Waals surface area contributed by atoms with Crippen molar-refractivity contribution in [3.63, 3.8) is 0 Å². The summed E-state index contributed by atoms with van der Waals surface area (Å²) in [7, 11) is -4.02. The molecule has 5 aromatic rings. The van der Waals surface area contributed by atoms with Gasteiger partial charge in [0.2, 0.25) is 0 Å². The number of sulfonamides is 1. The number of carbonyl (C=O) groups excluding carboxylic acids is 1. The van der Waals surface area contributed by atoms with Gasteiger partial charge in [-0.15, -0.1) is 0 Å². The molecule has 1 aliphatic carbocycles. The molecule has 9 heteroatoms. The Balaban J connectivity index is 1.57. The molecule has 0 bridgehead atoms. The standard InChI is InChI=1S/C30H29N5O3S/c36-30(31-22-14-6-2-7-15-22)26-27-29(33-25-19-11-10-18-24(25)32-27)35(20-21-12-4-1-5-13-21)28(26)34-39(37,38)23-16-8-3-9-17-23/h1,3-5,8-13,16-19,22,34H,2,6-7,14-15,20H2,(H,31,36). The van der Waals surface area contributed by atoms with E-state index in [9.17, 15) is 13.2 Å². The quantitative estimate of drug-likeness (QED) is 0.284. The number of hydrogen-bond acceptors (Lipinski definition) is 5. The smallest absolute Gasteiger partial charge is 0.263 e. The van der Waals surface area contributed by atoms with Gasteiger partial charge in [0.25, 0.3) is 15.9 Å². The third kappa shape index (κ3) is 5.09. The summed E-state index contributed by atoms with van der Waals surface area (Å²) < 4.78 is 31.7. The number of amides is 1. The summed E-state index contributed by atoms with van der Waals surface area (Å²) in [4.78, 5) is 23.8. The first-order valence-electron chi connectivity index (χ1n) is 13.2. The summed E-state index contributed by atoms with van der Waals surface area (Å²) in [5.41, 5.74) is 3.22. The molecule has 8 nitrogen and oxygen atoms in total. The van der Waals surface area contributed by atoms with Crippen LogP contribution < -0.4 is 10.0 Å². The SMILES string of the molecule is O=C(NC1CCCCC1)c1c(NS(=O)(=O)c2ccccc2)n(Cc2ccccc2)c2nc3ccccc3nc12. The van der Waals surface area contributed by atoms with Gasteiger partial charge >= 0.3 is 0 Å². The van der Waals surface area contributed by atoms with E-state index in [2.05, 4.69) is 10.0 Å². The van der Waals surface area contributed by atoms with E-state index in [-0.39, 0.29) is 28.2 Å². The van der Waals surface area contributed by atoms with Gasteiger partial charge in [0, 0.05) is 6.04 Å². The molecule has 6 rings (SSSR count). The molecule has 0 unspecified atom stereocenters. The van der Waals surface area contributed by atoms with Crippen LogP contribution in [0.3, 0.4) is 0 Å². The highest BCUT2D eigenvalue weighted by Gasteiger charge is 2.30. The Kier molecular flexibility index (Phi) is 6.74. The van der Waals surface area contributed by atoms with Gasteiger partial charge in [-0.05, 0) is 42.7 Å². The average molecular weight is 540 g/mol. The molecule has 2 N–H and O–H groups in total. The van der Waals surface area contributed by atoms with E-state index in [1.54, 1.807) is 22.8 Å². The highest BCUT2D eigenvalue weighted by molar-refractivity contribution is 7.92. The van der Waals surface area contributed by atoms with Gasteiger partial charge in [0.15, 0.2) is 5.65 Å². The zero-order valence-electron chi connectivity index (χ0n) is 21.4. The second-order valence-electron chi connectivity index (χ2n) is 9.91. The molecular formula is C30H29N5O3S. The van der Waals surface area contributed by atoms with E-state index in [0.717, 1.165) is 37.7 Å². The number of nitrogens with zero attached hydrogens (tertiary/aromatic N) is 3. The second kappa shape index (κ2) is 10.5. The van der Waals surface area contributed by atoms with Crippen LogP contribution in [0, 0.1) is 0 Å². The number of nitrogens with one attached hydrogen (secondary N) is 2. The van der Waals surface area contributed by atoms with Crippen LogP contribution >= 0.6 is 0 Å². The molecule has 2 aromatic heterocycles. The number of anilines is 1. The summed E-state index contributed by atoms with van der Waals surface area (Å²) >= 11 is 0. The maximum Gasteiger partial charge on any atom is 0.263 e. The van der Waals surface area contributed by atoms with Crippen molar-refractivity contribution in [2.24, 2.45) is 0 Å². The van der Waals surface area contributed by atoms with Crippen LogP contribution in [0.15, 0.2) is 89.8 Å². The molecule has 1 fully saturated rings. The zero-order valence-corrected chi connectivity index (χ0v) is 22.2. The van der Waals surface area contributed by atoms with Gasteiger partial charge in [-0.1, -0.05) is 79.9 Å². The van der Waals surface area contributed by atoms with Crippen molar-refractivity contribution in [1.29, 1.82) is 0 Å². The van der Waals surface area contributed by atoms with Gasteiger partial charge in [-0.2, -0.15) is 0 Å². The Morgan fingerprint density at radius 2 is 1.44 bits per heavy atom. The minimum atomic E-state index is -4.02. The number of benzene rings is 3. The fourth-order valence-electron chi connectivity index (χ4n) is 5.23. The summed E-state index contributed by atoms with van der Waals surface area (Å²) in [6.45, 7) is 0.299. The lowest BCUT2D eigenvalue weighted by Gasteiger charge is -2.23. The van der Waals surface area contributed by atoms with E-state index in [4.69, 9.17) is 9.97 Å². The molecule has 0 radical (unpaired) electrons. The molecule has 1 amide bonds. The maximum absolute atomic E-state index is 13.9. The van der Waals surface area contributed by atoms with Gasteiger partial charge < -0.3 is 9.88 Å². The molecule has 0 atom stereocenters. The predicted molar refractivity (Wildman–Crippen MR) is 152 cm³/mol. The van der Waals surface area contributed by atoms with E-state index in [1.807, 2.05) is 54.6 Å². The normalized spacial score (nSPS) is 14.5. The molecule has 0 aliphatic heterocycles. The second-order valence-corrected chi connectivity index (χ2v) is 11.6. The van der Waals surface area contributed by atoms with E-state index >= 15 is 0 Å². The van der Waals surface area contributed by atoms with Crippen molar-refractivity contribution in [3.05, 3.63) is 96.1 Å². The monoisotopic (exact) mass is 539 g/mol. The molecular weight excluding hydrogens is 510 g/mol. The minimum Gasteiger partial charge on any atom is -0.349 e. The largest absolute Gasteiger partial charge is 0.349 e. The highest BCUT2D eigenvalue weighted by atomic mass is 32.2. The van der Waals surface area contributed by atoms with Gasteiger partial charge in [0.1, 0.15) is 16.9 Å². The first kappa shape index (κ1) is 25.1. The maximum atomic E-state index is 13.9. The summed E-state index contributed by atoms with van der Waals surface area (Å²) in [6.07, 6.45) is 5.06. The zero-order chi connectivity index (χ0) is 26.8. The van der Waals surface area contributed by atoms with Crippen LogP contribution in [0.1, 0.15) is 48.0 Å². The number of hydrogen-bond donors (Lipinski definition) is 2. The lowest BCUT2D eigenvalue weighted by atomic mass is 9.95. The van der Waals surface area contributed by atoms with Crippen molar-refractivity contribution < 1.29 is 13.2 Å². The highest BCUT2D eigenvalue weighted by Crippen LogP contribution is 2.33. The Bertz CT molecular complexity index is 1750. The van der Waals surface area contributed by atoms with Gasteiger partial charge in [-0.25, -0.2) is 18.4 Å². The summed E-state index contributed by atoms with van der Waals surface area (Å²) in [6, 6.07) is 25.3. The third-order valence-corrected chi connectivity index (χ3v) is 8.54. The van der Waals surface area contributed by atoms with E-state index in [0.29, 0.717) is 28.7 Å². The average Bonchev–Trinajstić information content (AvgIpc) is 3.24. The number of aromatic nitrogens is 3. The first-order valence-corrected chi connectivity index (χ1v) is 14.7. The molecule has 2 heterocycles. The number of fused-ring (bicyclic) bond motifs is 2. The molecule has 1 aliphatic rings. The molecule has 0 saturated heterocycles. The number of rotatable bonds is 7. The van der Waals surface area contributed by atoms with Crippen LogP contribution in [0.5, 0.6) is 0 Å². The fourth-order valence-corrected chi connectivity index (χ4v) is 6.33. The number of carbonyl (C=O) groups is 1. The molecule has 198 valence electrons. The molecule has 3 aromatic carbocycles. The topological polar surface area (TPSA) is 106 Å². The third-order valence-electron chi connectivity index (χ3n) is 7.19. The van der Waals surface area contributed by atoms with Crippen molar-refractivity contribution >= 4 is 43.9 Å². The Hall–Kier alpha value is -4.24. The summed E-state index contributed by atoms with van der Waals surface area (Å²) in [5.74, 6) is -0.199. The first-order chi connectivity index (χ1) is 19.0. The fraction of sp³-hybridized carbons (Fsp3) is 0.233. The van der Waals surface area contributed by atoms with Crippen molar-refractivity contribution in [3.8, 4) is 0 Å². The van der Waals surface area contributed by atoms with E-state index < -0.39 is 10.0 Å². The van der Waals surface area contributed by atoms with Gasteiger partial charge in [-0.3, -0.25) is 9.52 Å². The van der Waals surface area contributed by atoms with Crippen LogP contribution in [0.2, 0.25) is 0 Å². The Labute approximate surface area is 227 Å². The molecule has 39 heavy (non-hydrogen) atoms. The Morgan fingerprint density at radius 1 is 0.821 bits per heavy atom. The van der Waals surface area contributed by atoms with Crippen LogP contribution in [-0.2, 0) is 16.6 Å². The van der Waals surface area contributed by atoms with Crippen molar-refractivity contribution in [1.82, 2.24) is 19.9 Å². The Morgan fingerprint density at radius 3 is 2.13 bits per heavy atom. The molecule has 1 saturated carbocycles. The summed E-state index contributed by atoms with van der Waals surface area (Å²) in [5, 5.41) is 3.16. The van der Waals surface area contributed by atoms with E-state index in [1.165, 1.54) is 12.1 Å². The minimum absolute atomic E-state index is 0.0331. The number of para-hydroxylation sites is 2. The van der Waals surface area contributed by atoms with Crippen LogP contribution in [0.4, 0.5) is 5.82 Å². The van der Waals surface area contributed by atoms with Crippen molar-refractivity contribution in [2.45, 2.75) is 49.6 Å². The van der Waals surface area contributed by atoms with Crippen LogP contribution in [0.25, 0.3) is 22.2 Å². The lowest BCUT2D eigenvalue weighted by molar-refractivity contribution is 0.0930. The predicted octanol–water partition coefficient (Wildman–Crippen LogP) is 5.50. The van der Waals surface area contributed by atoms with Crippen LogP contribution in [-0.4, -0.2) is 34.9 Å². The lowest BCUT2D eigenvalue weighted by Crippen LogP contribution is -2.36. The molecule has 0 spiro atoms.